The Balaban J connectivity index is 1.97. The second-order valence-corrected chi connectivity index (χ2v) is 13.5. The number of H-pyrrole nitrogens is 1. The van der Waals surface area contributed by atoms with E-state index in [4.69, 9.17) is 30.9 Å². The summed E-state index contributed by atoms with van der Waals surface area (Å²) in [7, 11) is -4.42. The van der Waals surface area contributed by atoms with Crippen LogP contribution >= 0.6 is 7.67 Å². The maximum atomic E-state index is 16.3. The molecule has 0 bridgehead atoms. The van der Waals surface area contributed by atoms with E-state index in [2.05, 4.69) is 25.1 Å². The van der Waals surface area contributed by atoms with Crippen molar-refractivity contribution < 1.29 is 42.4 Å². The number of anilines is 1. The number of carbonyl (C=O) groups excluding carboxylic acids is 2. The molecule has 3 heterocycles. The quantitative estimate of drug-likeness (QED) is 0.0971. The summed E-state index contributed by atoms with van der Waals surface area (Å²) in [5.74, 6) is 0.0826. The molecule has 0 aliphatic carbocycles. The van der Waals surface area contributed by atoms with E-state index in [1.54, 1.807) is 13.8 Å². The van der Waals surface area contributed by atoms with E-state index >= 15 is 4.39 Å². The number of fused-ring (bicyclic) bond motifs is 1. The summed E-state index contributed by atoms with van der Waals surface area (Å²) in [5.41, 5.74) is 1.71. The Bertz CT molecular complexity index is 1490. The molecule has 0 radical (unpaired) electrons. The molecule has 2 aromatic heterocycles. The van der Waals surface area contributed by atoms with Crippen LogP contribution in [-0.2, 0) is 32.9 Å². The summed E-state index contributed by atoms with van der Waals surface area (Å²) >= 11 is 0. The smallest absolute Gasteiger partial charge is 0.342 e. The van der Waals surface area contributed by atoms with Gasteiger partial charge in [-0.05, 0) is 38.5 Å². The highest BCUT2D eigenvalue weighted by Crippen LogP contribution is 2.46. The Labute approximate surface area is 265 Å². The van der Waals surface area contributed by atoms with Crippen LogP contribution < -0.4 is 21.5 Å². The lowest BCUT2D eigenvalue weighted by Crippen LogP contribution is -2.46. The van der Waals surface area contributed by atoms with Gasteiger partial charge in [0, 0.05) is 0 Å². The topological polar surface area (TPSA) is 222 Å². The monoisotopic (exact) mass is 671 g/mol. The third-order valence-electron chi connectivity index (χ3n) is 7.00. The summed E-state index contributed by atoms with van der Waals surface area (Å²) in [4.78, 5) is 48.2. The van der Waals surface area contributed by atoms with E-state index in [-0.39, 0.29) is 55.0 Å². The predicted molar refractivity (Wildman–Crippen MR) is 165 cm³/mol. The molecular formula is C28H43FN7O9P. The Morgan fingerprint density at radius 1 is 1.20 bits per heavy atom. The van der Waals surface area contributed by atoms with E-state index < -0.39 is 68.0 Å². The van der Waals surface area contributed by atoms with Crippen molar-refractivity contribution in [3.8, 4) is 12.3 Å². The molecule has 0 aromatic carbocycles. The number of nitrogens with zero attached hydrogens (tertiary/aromatic N) is 3. The number of nitrogens with one attached hydrogen (secondary N) is 3. The van der Waals surface area contributed by atoms with Gasteiger partial charge in [-0.25, -0.2) is 19.5 Å². The highest BCUT2D eigenvalue weighted by Gasteiger charge is 2.58. The fourth-order valence-electron chi connectivity index (χ4n) is 4.96. The maximum Gasteiger partial charge on any atom is 0.342 e. The van der Waals surface area contributed by atoms with Gasteiger partial charge in [-0.1, -0.05) is 33.6 Å². The Morgan fingerprint density at radius 3 is 2.22 bits per heavy atom. The minimum Gasteiger partial charge on any atom is -0.465 e. The first-order valence-electron chi connectivity index (χ1n) is 14.9. The molecule has 2 aromatic rings. The average Bonchev–Trinajstić information content (AvgIpc) is 3.49. The van der Waals surface area contributed by atoms with Gasteiger partial charge < -0.3 is 29.6 Å². The number of aromatic nitrogens is 4. The van der Waals surface area contributed by atoms with Crippen LogP contribution in [0.15, 0.2) is 11.1 Å². The van der Waals surface area contributed by atoms with Crippen LogP contribution in [0.3, 0.4) is 0 Å². The average molecular weight is 672 g/mol. The lowest BCUT2D eigenvalue weighted by molar-refractivity contribution is -0.146. The van der Waals surface area contributed by atoms with Gasteiger partial charge in [0.25, 0.3) is 5.56 Å². The molecular weight excluding hydrogens is 628 g/mol. The lowest BCUT2D eigenvalue weighted by Gasteiger charge is -2.30. The van der Waals surface area contributed by atoms with Crippen molar-refractivity contribution in [3.05, 3.63) is 16.7 Å². The third kappa shape index (κ3) is 8.49. The molecule has 46 heavy (non-hydrogen) atoms. The number of esters is 2. The summed E-state index contributed by atoms with van der Waals surface area (Å²) in [5, 5.41) is 16.4. The number of terminal acetylenes is 1. The molecule has 18 heteroatoms. The zero-order chi connectivity index (χ0) is 34.4. The second kappa shape index (κ2) is 15.5. The van der Waals surface area contributed by atoms with Gasteiger partial charge in [-0.2, -0.15) is 4.98 Å². The van der Waals surface area contributed by atoms with Crippen LogP contribution in [0.25, 0.3) is 11.2 Å². The van der Waals surface area contributed by atoms with Crippen molar-refractivity contribution in [2.45, 2.75) is 90.6 Å². The van der Waals surface area contributed by atoms with Crippen molar-refractivity contribution in [1.82, 2.24) is 29.7 Å². The highest BCUT2D eigenvalue weighted by atomic mass is 31.2. The fraction of sp³-hybridized carbons (Fsp3) is 0.679. The number of nitrogen functional groups attached to an aromatic ring is 1. The van der Waals surface area contributed by atoms with Crippen molar-refractivity contribution >= 4 is 36.7 Å². The van der Waals surface area contributed by atoms with E-state index in [1.807, 2.05) is 33.6 Å². The van der Waals surface area contributed by atoms with Gasteiger partial charge in [0.1, 0.15) is 24.3 Å². The van der Waals surface area contributed by atoms with Gasteiger partial charge in [0.2, 0.25) is 11.6 Å². The lowest BCUT2D eigenvalue weighted by atomic mass is 9.97. The summed E-state index contributed by atoms with van der Waals surface area (Å²) in [6.07, 6.45) is 1.58. The number of ether oxygens (including phenoxy) is 3. The molecule has 1 aliphatic heterocycles. The van der Waals surface area contributed by atoms with Gasteiger partial charge in [-0.3, -0.25) is 28.5 Å². The van der Waals surface area contributed by atoms with Crippen LogP contribution in [-0.4, -0.2) is 86.3 Å². The molecule has 6 unspecified atom stereocenters. The van der Waals surface area contributed by atoms with Crippen molar-refractivity contribution in [1.29, 1.82) is 0 Å². The van der Waals surface area contributed by atoms with Crippen LogP contribution in [0.1, 0.15) is 60.6 Å². The number of hydrogen-bond acceptors (Lipinski definition) is 12. The van der Waals surface area contributed by atoms with Gasteiger partial charge in [0.15, 0.2) is 17.4 Å². The number of hydrogen-bond donors (Lipinski definition) is 5. The van der Waals surface area contributed by atoms with Gasteiger partial charge in [-0.15, -0.1) is 6.42 Å². The molecule has 0 saturated carbocycles. The number of halogens is 1. The van der Waals surface area contributed by atoms with E-state index in [0.717, 1.165) is 10.9 Å². The molecule has 0 spiro atoms. The number of aliphatic hydroxyl groups is 1. The van der Waals surface area contributed by atoms with Crippen LogP contribution in [0.4, 0.5) is 10.3 Å². The Kier molecular flexibility index (Phi) is 12.5. The Morgan fingerprint density at radius 2 is 1.74 bits per heavy atom. The largest absolute Gasteiger partial charge is 0.465 e. The molecule has 1 aliphatic rings. The van der Waals surface area contributed by atoms with E-state index in [1.165, 1.54) is 0 Å². The molecule has 6 atom stereocenters. The van der Waals surface area contributed by atoms with Gasteiger partial charge >= 0.3 is 19.6 Å². The maximum absolute atomic E-state index is 16.3. The number of imidazole rings is 1. The molecule has 1 saturated heterocycles. The highest BCUT2D eigenvalue weighted by molar-refractivity contribution is 7.54. The summed E-state index contributed by atoms with van der Waals surface area (Å²) in [6.45, 7) is 9.96. The number of aliphatic hydroxyl groups excluding tert-OH is 1. The SMILES string of the molecule is C#CC1(F)C(O)C(COP(=O)(NC(CC(C)C)C(=O)OCC)NC(CC(C)C)C(=O)OCC)OC1n1cnc2c(=O)[nH]c(N)nc21. The molecule has 3 rings (SSSR count). The van der Waals surface area contributed by atoms with Crippen molar-refractivity contribution in [2.24, 2.45) is 11.8 Å². The Hall–Kier alpha value is -3.39. The fourth-order valence-corrected chi connectivity index (χ4v) is 6.78. The molecule has 6 N–H and O–H groups in total. The van der Waals surface area contributed by atoms with Crippen LogP contribution in [0, 0.1) is 24.2 Å². The number of nitrogens with two attached hydrogens (primary N) is 1. The first-order valence-corrected chi connectivity index (χ1v) is 16.6. The second-order valence-electron chi connectivity index (χ2n) is 11.6. The zero-order valence-corrected chi connectivity index (χ0v) is 27.6. The zero-order valence-electron chi connectivity index (χ0n) is 26.7. The number of rotatable bonds is 16. The first kappa shape index (κ1) is 37.1. The van der Waals surface area contributed by atoms with Crippen molar-refractivity contribution in [3.63, 3.8) is 0 Å². The van der Waals surface area contributed by atoms with E-state index in [9.17, 15) is 24.1 Å². The number of carbonyl (C=O) groups is 2. The third-order valence-corrected chi connectivity index (χ3v) is 8.81. The molecule has 0 amide bonds. The predicted octanol–water partition coefficient (Wildman–Crippen LogP) is 1.56. The number of aromatic amines is 1. The minimum atomic E-state index is -4.42. The minimum absolute atomic E-state index is 0.0516. The van der Waals surface area contributed by atoms with Crippen LogP contribution in [0.5, 0.6) is 0 Å². The van der Waals surface area contributed by atoms with Crippen LogP contribution in [0.2, 0.25) is 0 Å². The summed E-state index contributed by atoms with van der Waals surface area (Å²) in [6, 6.07) is -2.28. The standard InChI is InChI=1S/C28H43FN7O9P/c1-8-28(29)21(37)19(45-26(28)36-14-31-20-22(36)32-27(30)33-23(20)38)13-44-46(41,34-17(11-15(4)5)24(39)42-9-2)35-18(12-16(6)7)25(40)43-10-3/h1,14-19,21,26,37H,9-13H2,2-7H3,(H2,34,35,41)(H3,30,32,33,38). The molecule has 256 valence electrons. The van der Waals surface area contributed by atoms with Crippen molar-refractivity contribution in [2.75, 3.05) is 25.6 Å². The van der Waals surface area contributed by atoms with Gasteiger partial charge in [0.05, 0.1) is 26.1 Å². The van der Waals surface area contributed by atoms with E-state index in [0.29, 0.717) is 0 Å². The molecule has 16 nitrogen and oxygen atoms in total. The first-order chi connectivity index (χ1) is 21.6. The normalized spacial score (nSPS) is 24.1. The number of alkyl halides is 1. The molecule has 1 fully saturated rings. The summed E-state index contributed by atoms with van der Waals surface area (Å²) < 4.78 is 53.6.